The highest BCUT2D eigenvalue weighted by atomic mass is 35.5. The highest BCUT2D eigenvalue weighted by molar-refractivity contribution is 6.31. The molecule has 30 heavy (non-hydrogen) atoms. The standard InChI is InChI=1S/C24H19ClN2O3/c1-14(15-6-4-7-16(25)12-15)26-13-21(28)27-20-11-5-10-19-22(20)24(30)18-9-3-2-8-17(18)23(19)29/h2-12,14,26H,13H2,1H3,(H,27,28)/p+1/t14-/m1/s1. The van der Waals surface area contributed by atoms with Gasteiger partial charge in [-0.05, 0) is 25.1 Å². The number of benzene rings is 3. The summed E-state index contributed by atoms with van der Waals surface area (Å²) in [6.07, 6.45) is 0. The topological polar surface area (TPSA) is 79.8 Å². The molecule has 3 aromatic carbocycles. The van der Waals surface area contributed by atoms with Crippen LogP contribution < -0.4 is 10.6 Å². The van der Waals surface area contributed by atoms with Crippen LogP contribution in [0, 0.1) is 0 Å². The van der Waals surface area contributed by atoms with E-state index < -0.39 is 0 Å². The first-order valence-electron chi connectivity index (χ1n) is 9.66. The lowest BCUT2D eigenvalue weighted by atomic mass is 9.83. The number of hydrogen-bond acceptors (Lipinski definition) is 3. The van der Waals surface area contributed by atoms with E-state index in [2.05, 4.69) is 5.32 Å². The lowest BCUT2D eigenvalue weighted by Gasteiger charge is -2.20. The van der Waals surface area contributed by atoms with E-state index in [-0.39, 0.29) is 35.6 Å². The molecule has 0 heterocycles. The van der Waals surface area contributed by atoms with Crippen molar-refractivity contribution in [3.05, 3.63) is 99.6 Å². The number of nitrogens with one attached hydrogen (secondary N) is 1. The van der Waals surface area contributed by atoms with E-state index >= 15 is 0 Å². The van der Waals surface area contributed by atoms with Crippen molar-refractivity contribution in [3.8, 4) is 0 Å². The molecule has 0 aromatic heterocycles. The molecule has 1 atom stereocenters. The van der Waals surface area contributed by atoms with Gasteiger partial charge in [-0.2, -0.15) is 0 Å². The maximum atomic E-state index is 13.0. The zero-order chi connectivity index (χ0) is 21.3. The van der Waals surface area contributed by atoms with E-state index in [1.807, 2.05) is 30.4 Å². The number of nitrogens with two attached hydrogens (primary N) is 1. The summed E-state index contributed by atoms with van der Waals surface area (Å²) >= 11 is 6.04. The van der Waals surface area contributed by atoms with Crippen LogP contribution in [0.5, 0.6) is 0 Å². The highest BCUT2D eigenvalue weighted by Gasteiger charge is 2.31. The molecule has 0 aliphatic heterocycles. The minimum Gasteiger partial charge on any atom is -0.333 e. The molecule has 150 valence electrons. The summed E-state index contributed by atoms with van der Waals surface area (Å²) < 4.78 is 0. The lowest BCUT2D eigenvalue weighted by Crippen LogP contribution is -2.86. The van der Waals surface area contributed by atoms with Gasteiger partial charge < -0.3 is 10.6 Å². The quantitative estimate of drug-likeness (QED) is 0.520. The predicted molar refractivity (Wildman–Crippen MR) is 115 cm³/mol. The molecule has 0 saturated carbocycles. The molecule has 0 fully saturated rings. The van der Waals surface area contributed by atoms with Crippen molar-refractivity contribution in [2.24, 2.45) is 0 Å². The van der Waals surface area contributed by atoms with Crippen LogP contribution in [0.1, 0.15) is 50.4 Å². The normalized spacial score (nSPS) is 13.4. The van der Waals surface area contributed by atoms with Crippen LogP contribution in [-0.2, 0) is 4.79 Å². The van der Waals surface area contributed by atoms with E-state index in [0.717, 1.165) is 5.56 Å². The highest BCUT2D eigenvalue weighted by Crippen LogP contribution is 2.31. The summed E-state index contributed by atoms with van der Waals surface area (Å²) in [4.78, 5) is 38.4. The molecule has 1 aliphatic carbocycles. The smallest absolute Gasteiger partial charge is 0.279 e. The number of fused-ring (bicyclic) bond motifs is 2. The molecule has 0 saturated heterocycles. The van der Waals surface area contributed by atoms with E-state index in [1.54, 1.807) is 48.5 Å². The maximum Gasteiger partial charge on any atom is 0.279 e. The van der Waals surface area contributed by atoms with Crippen LogP contribution in [0.3, 0.4) is 0 Å². The average molecular weight is 420 g/mol. The van der Waals surface area contributed by atoms with E-state index in [9.17, 15) is 14.4 Å². The van der Waals surface area contributed by atoms with Gasteiger partial charge in [0.1, 0.15) is 6.04 Å². The fourth-order valence-electron chi connectivity index (χ4n) is 3.66. The van der Waals surface area contributed by atoms with Gasteiger partial charge in [0.15, 0.2) is 18.1 Å². The first-order chi connectivity index (χ1) is 14.5. The Kier molecular flexibility index (Phi) is 5.48. The van der Waals surface area contributed by atoms with E-state index in [4.69, 9.17) is 11.6 Å². The molecule has 6 heteroatoms. The van der Waals surface area contributed by atoms with Crippen molar-refractivity contribution in [1.82, 2.24) is 0 Å². The van der Waals surface area contributed by atoms with Gasteiger partial charge in [0.05, 0.1) is 11.3 Å². The molecule has 1 amide bonds. The van der Waals surface area contributed by atoms with Gasteiger partial charge in [-0.25, -0.2) is 0 Å². The van der Waals surface area contributed by atoms with Gasteiger partial charge in [0, 0.05) is 27.3 Å². The predicted octanol–water partition coefficient (Wildman–Crippen LogP) is 3.38. The molecule has 4 rings (SSSR count). The Labute approximate surface area is 179 Å². The fourth-order valence-corrected chi connectivity index (χ4v) is 3.86. The lowest BCUT2D eigenvalue weighted by molar-refractivity contribution is -0.682. The largest absolute Gasteiger partial charge is 0.333 e. The molecule has 0 spiro atoms. The summed E-state index contributed by atoms with van der Waals surface area (Å²) in [7, 11) is 0. The Morgan fingerprint density at radius 2 is 1.60 bits per heavy atom. The SMILES string of the molecule is C[C@@H]([NH2+]CC(=O)Nc1cccc2c1C(=O)c1ccccc1C2=O)c1cccc(Cl)c1. The van der Waals surface area contributed by atoms with E-state index in [1.165, 1.54) is 0 Å². The zero-order valence-electron chi connectivity index (χ0n) is 16.3. The number of ketones is 2. The van der Waals surface area contributed by atoms with Gasteiger partial charge >= 0.3 is 0 Å². The molecular weight excluding hydrogens is 400 g/mol. The van der Waals surface area contributed by atoms with Crippen LogP contribution >= 0.6 is 11.6 Å². The minimum atomic E-state index is -0.257. The molecule has 0 bridgehead atoms. The zero-order valence-corrected chi connectivity index (χ0v) is 17.1. The first-order valence-corrected chi connectivity index (χ1v) is 10.0. The molecule has 3 N–H and O–H groups in total. The maximum absolute atomic E-state index is 13.0. The number of hydrogen-bond donors (Lipinski definition) is 2. The number of rotatable bonds is 5. The summed E-state index contributed by atoms with van der Waals surface area (Å²) in [5, 5.41) is 5.34. The second kappa shape index (κ2) is 8.22. The van der Waals surface area contributed by atoms with Crippen LogP contribution in [0.15, 0.2) is 66.7 Å². The molecular formula is C24H20ClN2O3+. The number of amides is 1. The van der Waals surface area contributed by atoms with Crippen molar-refractivity contribution in [3.63, 3.8) is 0 Å². The summed E-state index contributed by atoms with van der Waals surface area (Å²) in [6.45, 7) is 2.15. The van der Waals surface area contributed by atoms with Crippen molar-refractivity contribution < 1.29 is 19.7 Å². The second-order valence-corrected chi connectivity index (χ2v) is 7.70. The molecule has 0 unspecified atom stereocenters. The van der Waals surface area contributed by atoms with Gasteiger partial charge in [0.2, 0.25) is 0 Å². The Morgan fingerprint density at radius 1 is 0.933 bits per heavy atom. The van der Waals surface area contributed by atoms with Gasteiger partial charge in [-0.3, -0.25) is 14.4 Å². The third-order valence-electron chi connectivity index (χ3n) is 5.26. The third kappa shape index (κ3) is 3.77. The van der Waals surface area contributed by atoms with Crippen molar-refractivity contribution >= 4 is 34.8 Å². The third-order valence-corrected chi connectivity index (χ3v) is 5.49. The number of carbonyl (C=O) groups excluding carboxylic acids is 3. The average Bonchev–Trinajstić information content (AvgIpc) is 2.75. The Hall–Kier alpha value is -3.28. The first kappa shape index (κ1) is 20.0. The Morgan fingerprint density at radius 3 is 2.33 bits per heavy atom. The van der Waals surface area contributed by atoms with Crippen molar-refractivity contribution in [1.29, 1.82) is 0 Å². The van der Waals surface area contributed by atoms with Crippen molar-refractivity contribution in [2.75, 3.05) is 11.9 Å². The number of carbonyl (C=O) groups is 3. The van der Waals surface area contributed by atoms with Crippen LogP contribution in [0.25, 0.3) is 0 Å². The molecule has 0 radical (unpaired) electrons. The summed E-state index contributed by atoms with van der Waals surface area (Å²) in [5.41, 5.74) is 2.68. The van der Waals surface area contributed by atoms with Gasteiger partial charge in [0.25, 0.3) is 5.91 Å². The number of quaternary nitrogens is 1. The minimum absolute atomic E-state index is 0.0363. The number of anilines is 1. The monoisotopic (exact) mass is 419 g/mol. The van der Waals surface area contributed by atoms with Gasteiger partial charge in [-0.1, -0.05) is 60.1 Å². The Balaban J connectivity index is 1.51. The number of halogens is 1. The van der Waals surface area contributed by atoms with Crippen LogP contribution in [0.2, 0.25) is 5.02 Å². The van der Waals surface area contributed by atoms with Gasteiger partial charge in [-0.15, -0.1) is 0 Å². The van der Waals surface area contributed by atoms with Crippen molar-refractivity contribution in [2.45, 2.75) is 13.0 Å². The fraction of sp³-hybridized carbons (Fsp3) is 0.125. The van der Waals surface area contributed by atoms with Crippen LogP contribution in [-0.4, -0.2) is 24.0 Å². The second-order valence-electron chi connectivity index (χ2n) is 7.26. The molecule has 5 nitrogen and oxygen atoms in total. The molecule has 3 aromatic rings. The summed E-state index contributed by atoms with van der Waals surface area (Å²) in [5.74, 6) is -0.721. The van der Waals surface area contributed by atoms with E-state index in [0.29, 0.717) is 27.4 Å². The Bertz CT molecular complexity index is 1170. The summed E-state index contributed by atoms with van der Waals surface area (Å²) in [6, 6.07) is 19.2. The van der Waals surface area contributed by atoms with Crippen LogP contribution in [0.4, 0.5) is 5.69 Å². The molecule has 1 aliphatic rings.